The zero-order valence-electron chi connectivity index (χ0n) is 15.2. The van der Waals surface area contributed by atoms with E-state index in [2.05, 4.69) is 20.5 Å². The molecule has 3 rings (SSSR count). The van der Waals surface area contributed by atoms with Gasteiger partial charge in [-0.25, -0.2) is 13.6 Å². The molecule has 2 aromatic carbocycles. The number of fused-ring (bicyclic) bond motifs is 1. The van der Waals surface area contributed by atoms with Crippen LogP contribution in [0.1, 0.15) is 16.8 Å². The summed E-state index contributed by atoms with van der Waals surface area (Å²) in [4.78, 5) is 14.9. The summed E-state index contributed by atoms with van der Waals surface area (Å²) < 4.78 is 22.6. The van der Waals surface area contributed by atoms with E-state index in [-0.39, 0.29) is 29.0 Å². The molecule has 0 bridgehead atoms. The molecule has 10 nitrogen and oxygen atoms in total. The summed E-state index contributed by atoms with van der Waals surface area (Å²) in [5, 5.41) is 35.2. The summed E-state index contributed by atoms with van der Waals surface area (Å²) in [5.74, 6) is -0.537. The topological polar surface area (TPSA) is 170 Å². The van der Waals surface area contributed by atoms with Crippen LogP contribution in [0.15, 0.2) is 57.6 Å². The van der Waals surface area contributed by atoms with Gasteiger partial charge < -0.3 is 20.5 Å². The largest absolute Gasteiger partial charge is 0.493 e. The molecule has 0 aliphatic rings. The van der Waals surface area contributed by atoms with Gasteiger partial charge in [0, 0.05) is 24.1 Å². The number of hydrogen-bond donors (Lipinski definition) is 5. The Morgan fingerprint density at radius 2 is 1.86 bits per heavy atom. The Kier molecular flexibility index (Phi) is 5.92. The monoisotopic (exact) mass is 417 g/mol. The predicted molar refractivity (Wildman–Crippen MR) is 106 cm³/mol. The minimum absolute atomic E-state index is 0.0201. The molecule has 0 fully saturated rings. The van der Waals surface area contributed by atoms with Crippen molar-refractivity contribution in [3.05, 3.63) is 48.0 Å². The summed E-state index contributed by atoms with van der Waals surface area (Å²) in [6, 6.07) is 10.2. The Labute approximate surface area is 166 Å². The molecule has 0 radical (unpaired) electrons. The molecule has 0 saturated heterocycles. The van der Waals surface area contributed by atoms with Crippen molar-refractivity contribution in [2.75, 3.05) is 13.2 Å². The molecule has 0 unspecified atom stereocenters. The highest BCUT2D eigenvalue weighted by atomic mass is 32.2. The van der Waals surface area contributed by atoms with Gasteiger partial charge in [0.05, 0.1) is 16.1 Å². The number of aromatic amines is 1. The molecular formula is C18H19N5O5S. The normalized spacial score (nSPS) is 11.9. The van der Waals surface area contributed by atoms with E-state index >= 15 is 0 Å². The first-order valence-electron chi connectivity index (χ1n) is 8.58. The molecule has 0 aliphatic carbocycles. The number of H-pyrrole nitrogens is 1. The number of rotatable bonds is 7. The van der Waals surface area contributed by atoms with Crippen molar-refractivity contribution >= 4 is 38.2 Å². The second-order valence-electron chi connectivity index (χ2n) is 6.15. The number of amides is 1. The van der Waals surface area contributed by atoms with E-state index in [0.717, 1.165) is 0 Å². The number of primary sulfonamides is 1. The fourth-order valence-corrected chi connectivity index (χ4v) is 3.11. The van der Waals surface area contributed by atoms with Crippen molar-refractivity contribution in [1.29, 1.82) is 0 Å². The van der Waals surface area contributed by atoms with Crippen LogP contribution in [0.25, 0.3) is 10.9 Å². The first-order valence-corrected chi connectivity index (χ1v) is 10.1. The Balaban J connectivity index is 1.88. The maximum atomic E-state index is 12.2. The molecule has 1 heterocycles. The smallest absolute Gasteiger partial charge is 0.251 e. The highest BCUT2D eigenvalue weighted by molar-refractivity contribution is 7.89. The van der Waals surface area contributed by atoms with Gasteiger partial charge in [-0.15, -0.1) is 5.11 Å². The molecule has 0 saturated carbocycles. The number of aliphatic hydroxyl groups excluding tert-OH is 1. The minimum Gasteiger partial charge on any atom is -0.493 e. The van der Waals surface area contributed by atoms with Gasteiger partial charge in [0.2, 0.25) is 15.9 Å². The van der Waals surface area contributed by atoms with Crippen molar-refractivity contribution in [3.8, 4) is 5.88 Å². The van der Waals surface area contributed by atoms with E-state index in [4.69, 9.17) is 10.2 Å². The maximum absolute atomic E-state index is 12.2. The van der Waals surface area contributed by atoms with Gasteiger partial charge in [0.15, 0.2) is 5.69 Å². The highest BCUT2D eigenvalue weighted by Crippen LogP contribution is 2.36. The van der Waals surface area contributed by atoms with Crippen molar-refractivity contribution in [2.24, 2.45) is 15.4 Å². The Morgan fingerprint density at radius 3 is 2.52 bits per heavy atom. The first-order chi connectivity index (χ1) is 13.8. The van der Waals surface area contributed by atoms with Crippen molar-refractivity contribution in [3.63, 3.8) is 0 Å². The van der Waals surface area contributed by atoms with E-state index in [1.165, 1.54) is 24.3 Å². The van der Waals surface area contributed by atoms with Crippen LogP contribution in [0.5, 0.6) is 5.88 Å². The van der Waals surface area contributed by atoms with Crippen LogP contribution in [0.3, 0.4) is 0 Å². The molecule has 1 amide bonds. The number of aromatic hydroxyl groups is 1. The molecule has 29 heavy (non-hydrogen) atoms. The first kappa shape index (κ1) is 20.5. The lowest BCUT2D eigenvalue weighted by atomic mass is 10.1. The van der Waals surface area contributed by atoms with Gasteiger partial charge in [0.1, 0.15) is 0 Å². The third kappa shape index (κ3) is 4.77. The molecule has 0 atom stereocenters. The number of hydrogen-bond acceptors (Lipinski definition) is 7. The number of nitrogens with one attached hydrogen (secondary N) is 2. The minimum atomic E-state index is -3.80. The molecule has 6 N–H and O–H groups in total. The van der Waals surface area contributed by atoms with Crippen LogP contribution < -0.4 is 10.5 Å². The number of sulfonamides is 1. The lowest BCUT2D eigenvalue weighted by molar-refractivity contribution is 0.0951. The molecule has 3 aromatic rings. The van der Waals surface area contributed by atoms with Gasteiger partial charge in [-0.3, -0.25) is 4.79 Å². The number of benzene rings is 2. The predicted octanol–water partition coefficient (Wildman–Crippen LogP) is 2.05. The van der Waals surface area contributed by atoms with E-state index in [9.17, 15) is 18.3 Å². The van der Waals surface area contributed by atoms with Gasteiger partial charge >= 0.3 is 0 Å². The lowest BCUT2D eigenvalue weighted by Gasteiger charge is -2.04. The van der Waals surface area contributed by atoms with Crippen LogP contribution in [0.4, 0.5) is 11.4 Å². The van der Waals surface area contributed by atoms with Crippen LogP contribution in [0.2, 0.25) is 0 Å². The zero-order valence-corrected chi connectivity index (χ0v) is 16.0. The molecule has 1 aromatic heterocycles. The van der Waals surface area contributed by atoms with Crippen LogP contribution in [-0.4, -0.2) is 42.7 Å². The summed E-state index contributed by atoms with van der Waals surface area (Å²) in [6.07, 6.45) is 0.447. The second kappa shape index (κ2) is 8.39. The lowest BCUT2D eigenvalue weighted by Crippen LogP contribution is -2.24. The highest BCUT2D eigenvalue weighted by Gasteiger charge is 2.14. The zero-order chi connectivity index (χ0) is 21.0. The summed E-state index contributed by atoms with van der Waals surface area (Å²) in [5.41, 5.74) is 1.42. The third-order valence-electron chi connectivity index (χ3n) is 4.07. The number of nitrogens with two attached hydrogens (primary N) is 1. The summed E-state index contributed by atoms with van der Waals surface area (Å²) in [7, 11) is -3.80. The van der Waals surface area contributed by atoms with E-state index in [1.807, 2.05) is 0 Å². The standard InChI is InChI=1S/C18H19N5O5S/c19-29(27,28)13-5-3-12(4-6-13)22-23-16-14-10-11(17(25)20-8-1-9-24)2-7-15(14)21-18(16)26/h2-7,10,21,24,26H,1,8-9H2,(H,20,25)(H2,19,27,28). The van der Waals surface area contributed by atoms with Crippen molar-refractivity contribution < 1.29 is 23.4 Å². The third-order valence-corrected chi connectivity index (χ3v) is 4.99. The Bertz CT molecular complexity index is 1170. The van der Waals surface area contributed by atoms with Crippen LogP contribution in [0, 0.1) is 0 Å². The molecule has 152 valence electrons. The average Bonchev–Trinajstić information content (AvgIpc) is 3.00. The molecule has 0 spiro atoms. The van der Waals surface area contributed by atoms with Crippen LogP contribution >= 0.6 is 0 Å². The number of aromatic nitrogens is 1. The Hall–Kier alpha value is -3.28. The summed E-state index contributed by atoms with van der Waals surface area (Å²) in [6.45, 7) is 0.320. The fourth-order valence-electron chi connectivity index (χ4n) is 2.60. The van der Waals surface area contributed by atoms with Crippen molar-refractivity contribution in [2.45, 2.75) is 11.3 Å². The second-order valence-corrected chi connectivity index (χ2v) is 7.72. The molecular weight excluding hydrogens is 398 g/mol. The number of carbonyl (C=O) groups is 1. The fraction of sp³-hybridized carbons (Fsp3) is 0.167. The van der Waals surface area contributed by atoms with Gasteiger partial charge in [-0.05, 0) is 48.9 Å². The number of aliphatic hydroxyl groups is 1. The van der Waals surface area contributed by atoms with E-state index in [0.29, 0.717) is 35.1 Å². The summed E-state index contributed by atoms with van der Waals surface area (Å²) >= 11 is 0. The van der Waals surface area contributed by atoms with Gasteiger partial charge in [-0.1, -0.05) is 0 Å². The number of carbonyl (C=O) groups excluding carboxylic acids is 1. The maximum Gasteiger partial charge on any atom is 0.251 e. The number of azo groups is 1. The SMILES string of the molecule is NS(=O)(=O)c1ccc(N=Nc2c(O)[nH]c3ccc(C(=O)NCCCO)cc23)cc1. The molecule has 0 aliphatic heterocycles. The average molecular weight is 417 g/mol. The van der Waals surface area contributed by atoms with Crippen molar-refractivity contribution in [1.82, 2.24) is 10.3 Å². The Morgan fingerprint density at radius 1 is 1.14 bits per heavy atom. The van der Waals surface area contributed by atoms with Crippen LogP contribution in [-0.2, 0) is 10.0 Å². The van der Waals surface area contributed by atoms with E-state index < -0.39 is 10.0 Å². The number of nitrogens with zero attached hydrogens (tertiary/aromatic N) is 2. The molecule has 11 heteroatoms. The quantitative estimate of drug-likeness (QED) is 0.292. The van der Waals surface area contributed by atoms with Gasteiger partial charge in [-0.2, -0.15) is 5.11 Å². The van der Waals surface area contributed by atoms with Gasteiger partial charge in [0.25, 0.3) is 5.91 Å². The van der Waals surface area contributed by atoms with E-state index in [1.54, 1.807) is 18.2 Å².